The number of hydrogen-bond acceptors (Lipinski definition) is 6. The molecule has 0 saturated carbocycles. The monoisotopic (exact) mass is 417 g/mol. The molecule has 1 atom stereocenters. The van der Waals surface area contributed by atoms with Crippen LogP contribution in [0.2, 0.25) is 0 Å². The Hall–Kier alpha value is -2.87. The molecule has 7 nitrogen and oxygen atoms in total. The Labute approximate surface area is 170 Å². The molecule has 0 aliphatic carbocycles. The number of hydrogen-bond donors (Lipinski definition) is 0. The van der Waals surface area contributed by atoms with Crippen molar-refractivity contribution in [2.45, 2.75) is 19.0 Å². The van der Waals surface area contributed by atoms with E-state index in [0.717, 1.165) is 5.56 Å². The first-order valence-electron chi connectivity index (χ1n) is 9.23. The van der Waals surface area contributed by atoms with E-state index in [-0.39, 0.29) is 18.1 Å². The second-order valence-electron chi connectivity index (χ2n) is 6.87. The molecule has 0 spiro atoms. The third-order valence-electron chi connectivity index (χ3n) is 4.82. The first-order chi connectivity index (χ1) is 13.9. The van der Waals surface area contributed by atoms with Gasteiger partial charge in [-0.25, -0.2) is 13.2 Å². The smallest absolute Gasteiger partial charge is 0.338 e. The van der Waals surface area contributed by atoms with Crippen LogP contribution in [0.1, 0.15) is 22.3 Å². The maximum Gasteiger partial charge on any atom is 0.338 e. The summed E-state index contributed by atoms with van der Waals surface area (Å²) in [5.41, 5.74) is 1.18. The quantitative estimate of drug-likeness (QED) is 0.641. The Morgan fingerprint density at radius 2 is 1.76 bits per heavy atom. The zero-order valence-electron chi connectivity index (χ0n) is 16.1. The van der Waals surface area contributed by atoms with E-state index in [1.54, 1.807) is 24.3 Å². The van der Waals surface area contributed by atoms with Crippen molar-refractivity contribution in [3.63, 3.8) is 0 Å². The Morgan fingerprint density at radius 3 is 2.34 bits per heavy atom. The molecule has 2 aromatic carbocycles. The minimum Gasteiger partial charge on any atom is -0.497 e. The van der Waals surface area contributed by atoms with E-state index in [1.807, 2.05) is 30.3 Å². The lowest BCUT2D eigenvalue weighted by Gasteiger charge is -2.28. The van der Waals surface area contributed by atoms with Gasteiger partial charge in [0.15, 0.2) is 16.4 Å². The average molecular weight is 417 g/mol. The van der Waals surface area contributed by atoms with Crippen molar-refractivity contribution in [3.8, 4) is 5.75 Å². The Morgan fingerprint density at radius 1 is 1.07 bits per heavy atom. The summed E-state index contributed by atoms with van der Waals surface area (Å²) in [6.07, 6.45) is 0.382. The molecule has 0 radical (unpaired) electrons. The van der Waals surface area contributed by atoms with Crippen LogP contribution >= 0.6 is 0 Å². The number of rotatable bonds is 7. The van der Waals surface area contributed by atoms with Crippen molar-refractivity contribution in [1.29, 1.82) is 0 Å². The molecule has 1 fully saturated rings. The highest BCUT2D eigenvalue weighted by atomic mass is 32.2. The highest BCUT2D eigenvalue weighted by Gasteiger charge is 2.35. The molecule has 1 heterocycles. The number of ether oxygens (including phenoxy) is 2. The summed E-state index contributed by atoms with van der Waals surface area (Å²) in [7, 11) is -1.64. The van der Waals surface area contributed by atoms with Gasteiger partial charge in [0.2, 0.25) is 0 Å². The Bertz CT molecular complexity index is 956. The molecule has 1 saturated heterocycles. The first-order valence-corrected chi connectivity index (χ1v) is 11.0. The number of amides is 1. The zero-order valence-corrected chi connectivity index (χ0v) is 16.9. The van der Waals surface area contributed by atoms with E-state index in [4.69, 9.17) is 9.47 Å². The van der Waals surface area contributed by atoms with Crippen LogP contribution in [-0.2, 0) is 25.9 Å². The molecule has 0 aromatic heterocycles. The fourth-order valence-electron chi connectivity index (χ4n) is 3.24. The molecule has 154 valence electrons. The third-order valence-corrected chi connectivity index (χ3v) is 6.57. The normalized spacial score (nSPS) is 17.5. The van der Waals surface area contributed by atoms with Crippen molar-refractivity contribution in [2.24, 2.45) is 0 Å². The largest absolute Gasteiger partial charge is 0.497 e. The molecule has 0 bridgehead atoms. The van der Waals surface area contributed by atoms with Crippen molar-refractivity contribution >= 4 is 21.7 Å². The highest BCUT2D eigenvalue weighted by molar-refractivity contribution is 7.91. The van der Waals surface area contributed by atoms with E-state index in [0.29, 0.717) is 17.7 Å². The molecule has 1 aliphatic heterocycles. The van der Waals surface area contributed by atoms with Crippen LogP contribution in [0.5, 0.6) is 5.75 Å². The van der Waals surface area contributed by atoms with Gasteiger partial charge < -0.3 is 14.4 Å². The summed E-state index contributed by atoms with van der Waals surface area (Å²) < 4.78 is 34.0. The number of methoxy groups -OCH3 is 1. The van der Waals surface area contributed by atoms with Gasteiger partial charge in [-0.3, -0.25) is 4.79 Å². The summed E-state index contributed by atoms with van der Waals surface area (Å²) in [5, 5.41) is 0. The number of benzene rings is 2. The predicted octanol–water partition coefficient (Wildman–Crippen LogP) is 2.07. The van der Waals surface area contributed by atoms with Crippen LogP contribution in [0.4, 0.5) is 0 Å². The van der Waals surface area contributed by atoms with Crippen LogP contribution in [0.15, 0.2) is 54.6 Å². The van der Waals surface area contributed by atoms with Crippen LogP contribution in [0.3, 0.4) is 0 Å². The van der Waals surface area contributed by atoms with Gasteiger partial charge in [0, 0.05) is 12.6 Å². The number of esters is 1. The maximum atomic E-state index is 12.8. The van der Waals surface area contributed by atoms with Gasteiger partial charge in [0.05, 0.1) is 24.2 Å². The van der Waals surface area contributed by atoms with Crippen molar-refractivity contribution < 1.29 is 27.5 Å². The molecule has 0 unspecified atom stereocenters. The van der Waals surface area contributed by atoms with Gasteiger partial charge in [-0.05, 0) is 36.2 Å². The van der Waals surface area contributed by atoms with Crippen molar-refractivity contribution in [3.05, 3.63) is 65.7 Å². The van der Waals surface area contributed by atoms with Gasteiger partial charge in [-0.15, -0.1) is 0 Å². The third kappa shape index (κ3) is 5.57. The van der Waals surface area contributed by atoms with Crippen LogP contribution in [-0.4, -0.2) is 56.5 Å². The number of carbonyl (C=O) groups excluding carboxylic acids is 2. The molecular formula is C21H23NO6S. The molecule has 8 heteroatoms. The lowest BCUT2D eigenvalue weighted by molar-refractivity contribution is -0.137. The lowest BCUT2D eigenvalue weighted by atomic mass is 10.1. The van der Waals surface area contributed by atoms with E-state index < -0.39 is 34.4 Å². The second-order valence-corrected chi connectivity index (χ2v) is 9.10. The fraction of sp³-hybridized carbons (Fsp3) is 0.333. The number of nitrogens with zero attached hydrogens (tertiary/aromatic N) is 1. The van der Waals surface area contributed by atoms with Gasteiger partial charge in [0.1, 0.15) is 5.75 Å². The van der Waals surface area contributed by atoms with Gasteiger partial charge in [0.25, 0.3) is 5.91 Å². The van der Waals surface area contributed by atoms with E-state index in [1.165, 1.54) is 12.0 Å². The van der Waals surface area contributed by atoms with Crippen LogP contribution in [0.25, 0.3) is 0 Å². The van der Waals surface area contributed by atoms with Crippen molar-refractivity contribution in [2.75, 3.05) is 25.2 Å². The topological polar surface area (TPSA) is 90.0 Å². The average Bonchev–Trinajstić information content (AvgIpc) is 3.10. The van der Waals surface area contributed by atoms with E-state index in [2.05, 4.69) is 0 Å². The predicted molar refractivity (Wildman–Crippen MR) is 107 cm³/mol. The number of sulfone groups is 1. The Balaban J connectivity index is 1.67. The summed E-state index contributed by atoms with van der Waals surface area (Å²) in [6, 6.07) is 15.3. The zero-order chi connectivity index (χ0) is 20.9. The van der Waals surface area contributed by atoms with Gasteiger partial charge >= 0.3 is 5.97 Å². The highest BCUT2D eigenvalue weighted by Crippen LogP contribution is 2.21. The molecule has 3 rings (SSSR count). The van der Waals surface area contributed by atoms with Crippen molar-refractivity contribution in [1.82, 2.24) is 4.90 Å². The molecule has 29 heavy (non-hydrogen) atoms. The minimum atomic E-state index is -3.16. The van der Waals surface area contributed by atoms with Gasteiger partial charge in [-0.1, -0.05) is 30.3 Å². The van der Waals surface area contributed by atoms with Crippen LogP contribution in [0, 0.1) is 0 Å². The molecule has 0 N–H and O–H groups in total. The number of carbonyl (C=O) groups is 2. The molecule has 1 amide bonds. The maximum absolute atomic E-state index is 12.8. The minimum absolute atomic E-state index is 0.0574. The SMILES string of the molecule is COc1ccc(C(=O)OCC(=O)N(Cc2ccccc2)[C@@H]2CCS(=O)(=O)C2)cc1. The molecular weight excluding hydrogens is 394 g/mol. The van der Waals surface area contributed by atoms with E-state index >= 15 is 0 Å². The Kier molecular flexibility index (Phi) is 6.53. The standard InChI is InChI=1S/C21H23NO6S/c1-27-19-9-7-17(8-10-19)21(24)28-14-20(23)22(13-16-5-3-2-4-6-16)18-11-12-29(25,26)15-18/h2-10,18H,11-15H2,1H3/t18-/m1/s1. The van der Waals surface area contributed by atoms with E-state index in [9.17, 15) is 18.0 Å². The fourth-order valence-corrected chi connectivity index (χ4v) is 4.97. The summed E-state index contributed by atoms with van der Waals surface area (Å²) in [6.45, 7) is -0.186. The van der Waals surface area contributed by atoms with Crippen LogP contribution < -0.4 is 4.74 Å². The first kappa shape index (κ1) is 20.9. The summed E-state index contributed by atoms with van der Waals surface area (Å²) in [5.74, 6) is -0.452. The molecule has 2 aromatic rings. The second kappa shape index (κ2) is 9.09. The van der Waals surface area contributed by atoms with Gasteiger partial charge in [-0.2, -0.15) is 0 Å². The summed E-state index contributed by atoms with van der Waals surface area (Å²) in [4.78, 5) is 26.5. The molecule has 1 aliphatic rings. The summed E-state index contributed by atoms with van der Waals surface area (Å²) >= 11 is 0. The lowest BCUT2D eigenvalue weighted by Crippen LogP contribution is -2.42.